The van der Waals surface area contributed by atoms with Gasteiger partial charge in [0.1, 0.15) is 0 Å². The quantitative estimate of drug-likeness (QED) is 0.491. The summed E-state index contributed by atoms with van der Waals surface area (Å²) in [4.78, 5) is 0. The Morgan fingerprint density at radius 1 is 1.08 bits per heavy atom. The summed E-state index contributed by atoms with van der Waals surface area (Å²) in [7, 11) is 0. The molecule has 1 aliphatic carbocycles. The fourth-order valence-corrected chi connectivity index (χ4v) is 4.00. The summed E-state index contributed by atoms with van der Waals surface area (Å²) < 4.78 is 0. The molecule has 0 atom stereocenters. The van der Waals surface area contributed by atoms with Crippen molar-refractivity contribution in [2.24, 2.45) is 0 Å². The molecule has 1 aliphatic rings. The second kappa shape index (κ2) is 7.23. The highest BCUT2D eigenvalue weighted by Gasteiger charge is 2.20. The molecule has 2 heteroatoms. The van der Waals surface area contributed by atoms with Crippen molar-refractivity contribution in [2.45, 2.75) is 33.1 Å². The molecular formula is C23H22Cl2. The summed E-state index contributed by atoms with van der Waals surface area (Å²) in [5.74, 6) is 0. The minimum atomic E-state index is 0.804. The van der Waals surface area contributed by atoms with E-state index in [0.29, 0.717) is 0 Å². The molecule has 0 unspecified atom stereocenters. The molecule has 3 rings (SSSR count). The first-order chi connectivity index (χ1) is 11.9. The average molecular weight is 369 g/mol. The summed E-state index contributed by atoms with van der Waals surface area (Å²) >= 11 is 12.9. The fraction of sp³-hybridized carbons (Fsp3) is 0.217. The Balaban J connectivity index is 2.03. The largest absolute Gasteiger partial charge is 0.100 e. The fourth-order valence-electron chi connectivity index (χ4n) is 3.46. The molecule has 2 aromatic carbocycles. The van der Waals surface area contributed by atoms with Crippen LogP contribution in [0.2, 0.25) is 10.0 Å². The zero-order valence-corrected chi connectivity index (χ0v) is 16.3. The van der Waals surface area contributed by atoms with Gasteiger partial charge in [0.25, 0.3) is 0 Å². The molecule has 0 amide bonds. The third-order valence-electron chi connectivity index (χ3n) is 4.87. The van der Waals surface area contributed by atoms with Gasteiger partial charge < -0.3 is 0 Å². The van der Waals surface area contributed by atoms with E-state index in [-0.39, 0.29) is 0 Å². The standard InChI is InChI=1S/C23H22Cl2/c1-14(2)8-9-20-16(4)19(10-11-23(20)25)17-12-15(3)18-6-5-7-22(24)21(18)13-17/h5-7,10-12H,1,3,8-9,13H2,2,4H3. The Morgan fingerprint density at radius 3 is 2.56 bits per heavy atom. The maximum absolute atomic E-state index is 6.47. The van der Waals surface area contributed by atoms with E-state index in [0.717, 1.165) is 46.0 Å². The number of rotatable bonds is 4. The van der Waals surface area contributed by atoms with Crippen LogP contribution in [0.4, 0.5) is 0 Å². The van der Waals surface area contributed by atoms with Crippen molar-refractivity contribution >= 4 is 34.3 Å². The first-order valence-electron chi connectivity index (χ1n) is 8.48. The molecule has 0 nitrogen and oxygen atoms in total. The van der Waals surface area contributed by atoms with Crippen LogP contribution in [0, 0.1) is 6.92 Å². The van der Waals surface area contributed by atoms with Crippen molar-refractivity contribution in [3.63, 3.8) is 0 Å². The van der Waals surface area contributed by atoms with E-state index < -0.39 is 0 Å². The molecule has 0 heterocycles. The van der Waals surface area contributed by atoms with E-state index in [2.05, 4.69) is 45.2 Å². The minimum absolute atomic E-state index is 0.804. The topological polar surface area (TPSA) is 0 Å². The lowest BCUT2D eigenvalue weighted by Crippen LogP contribution is -2.05. The lowest BCUT2D eigenvalue weighted by atomic mass is 9.83. The number of halogens is 2. The molecule has 0 aliphatic heterocycles. The van der Waals surface area contributed by atoms with Gasteiger partial charge in [-0.2, -0.15) is 0 Å². The van der Waals surface area contributed by atoms with Crippen LogP contribution in [0.25, 0.3) is 11.1 Å². The van der Waals surface area contributed by atoms with Crippen molar-refractivity contribution in [3.05, 3.63) is 93.0 Å². The average Bonchev–Trinajstić information content (AvgIpc) is 2.55. The van der Waals surface area contributed by atoms with Crippen LogP contribution in [-0.2, 0) is 12.8 Å². The highest BCUT2D eigenvalue weighted by molar-refractivity contribution is 6.32. The number of hydrogen-bond acceptors (Lipinski definition) is 0. The molecule has 0 saturated heterocycles. The first kappa shape index (κ1) is 18.0. The normalized spacial score (nSPS) is 13.4. The van der Waals surface area contributed by atoms with Crippen molar-refractivity contribution in [1.82, 2.24) is 0 Å². The predicted molar refractivity (Wildman–Crippen MR) is 111 cm³/mol. The third kappa shape index (κ3) is 3.61. The highest BCUT2D eigenvalue weighted by Crippen LogP contribution is 2.39. The second-order valence-corrected chi connectivity index (χ2v) is 7.61. The van der Waals surface area contributed by atoms with Crippen LogP contribution in [0.5, 0.6) is 0 Å². The molecule has 0 bridgehead atoms. The Morgan fingerprint density at radius 2 is 1.84 bits per heavy atom. The van der Waals surface area contributed by atoms with Gasteiger partial charge >= 0.3 is 0 Å². The van der Waals surface area contributed by atoms with Crippen LogP contribution in [0.15, 0.2) is 55.1 Å². The van der Waals surface area contributed by atoms with E-state index in [1.165, 1.54) is 27.8 Å². The van der Waals surface area contributed by atoms with Crippen LogP contribution in [0.1, 0.15) is 41.2 Å². The van der Waals surface area contributed by atoms with Crippen LogP contribution >= 0.6 is 23.2 Å². The van der Waals surface area contributed by atoms with Crippen molar-refractivity contribution in [2.75, 3.05) is 0 Å². The molecule has 2 aromatic rings. The van der Waals surface area contributed by atoms with E-state index >= 15 is 0 Å². The number of hydrogen-bond donors (Lipinski definition) is 0. The van der Waals surface area contributed by atoms with E-state index in [1.807, 2.05) is 18.2 Å². The lowest BCUT2D eigenvalue weighted by molar-refractivity contribution is 0.934. The number of benzene rings is 2. The van der Waals surface area contributed by atoms with Crippen molar-refractivity contribution in [3.8, 4) is 0 Å². The summed E-state index contributed by atoms with van der Waals surface area (Å²) in [5.41, 5.74) is 9.41. The SMILES string of the molecule is C=C(C)CCc1c(Cl)ccc(C2=CC(=C)c3cccc(Cl)c3C2)c1C. The smallest absolute Gasteiger partial charge is 0.0447 e. The first-order valence-corrected chi connectivity index (χ1v) is 9.24. The van der Waals surface area contributed by atoms with E-state index in [1.54, 1.807) is 0 Å². The lowest BCUT2D eigenvalue weighted by Gasteiger charge is -2.22. The van der Waals surface area contributed by atoms with Crippen LogP contribution in [0.3, 0.4) is 0 Å². The Bertz CT molecular complexity index is 901. The van der Waals surface area contributed by atoms with Gasteiger partial charge in [0.15, 0.2) is 0 Å². The van der Waals surface area contributed by atoms with Crippen molar-refractivity contribution in [1.29, 1.82) is 0 Å². The van der Waals surface area contributed by atoms with Gasteiger partial charge in [-0.05, 0) is 77.8 Å². The third-order valence-corrected chi connectivity index (χ3v) is 5.58. The number of allylic oxidation sites excluding steroid dienone is 4. The van der Waals surface area contributed by atoms with Gasteiger partial charge in [0, 0.05) is 16.5 Å². The van der Waals surface area contributed by atoms with E-state index in [4.69, 9.17) is 23.2 Å². The molecule has 0 radical (unpaired) electrons. The molecular weight excluding hydrogens is 347 g/mol. The maximum Gasteiger partial charge on any atom is 0.0447 e. The second-order valence-electron chi connectivity index (χ2n) is 6.79. The van der Waals surface area contributed by atoms with Gasteiger partial charge in [-0.3, -0.25) is 0 Å². The maximum atomic E-state index is 6.47. The van der Waals surface area contributed by atoms with E-state index in [9.17, 15) is 0 Å². The molecule has 25 heavy (non-hydrogen) atoms. The van der Waals surface area contributed by atoms with Crippen LogP contribution < -0.4 is 0 Å². The van der Waals surface area contributed by atoms with Gasteiger partial charge in [0.2, 0.25) is 0 Å². The molecule has 0 aromatic heterocycles. The molecule has 128 valence electrons. The van der Waals surface area contributed by atoms with Gasteiger partial charge in [-0.15, -0.1) is 6.58 Å². The summed E-state index contributed by atoms with van der Waals surface area (Å²) in [6, 6.07) is 10.1. The van der Waals surface area contributed by atoms with Gasteiger partial charge in [-0.1, -0.05) is 59.6 Å². The molecule has 0 spiro atoms. The summed E-state index contributed by atoms with van der Waals surface area (Å²) in [6.07, 6.45) is 4.86. The summed E-state index contributed by atoms with van der Waals surface area (Å²) in [5, 5.41) is 1.63. The Kier molecular flexibility index (Phi) is 5.22. The molecule has 0 N–H and O–H groups in total. The summed E-state index contributed by atoms with van der Waals surface area (Å²) in [6.45, 7) is 12.4. The predicted octanol–water partition coefficient (Wildman–Crippen LogP) is 7.46. The van der Waals surface area contributed by atoms with Crippen LogP contribution in [-0.4, -0.2) is 0 Å². The van der Waals surface area contributed by atoms with Gasteiger partial charge in [-0.25, -0.2) is 0 Å². The zero-order valence-electron chi connectivity index (χ0n) is 14.8. The molecule has 0 saturated carbocycles. The Hall–Kier alpha value is -1.76. The zero-order chi connectivity index (χ0) is 18.1. The minimum Gasteiger partial charge on any atom is -0.100 e. The van der Waals surface area contributed by atoms with Gasteiger partial charge in [0.05, 0.1) is 0 Å². The number of fused-ring (bicyclic) bond motifs is 1. The highest BCUT2D eigenvalue weighted by atomic mass is 35.5. The van der Waals surface area contributed by atoms with Crippen molar-refractivity contribution < 1.29 is 0 Å². The monoisotopic (exact) mass is 368 g/mol. The Labute approximate surface area is 160 Å². The molecule has 0 fully saturated rings.